The lowest BCUT2D eigenvalue weighted by Crippen LogP contribution is -2.57. The van der Waals surface area contributed by atoms with E-state index in [0.29, 0.717) is 19.0 Å². The first kappa shape index (κ1) is 15.1. The average Bonchev–Trinajstić information content (AvgIpc) is 2.47. The Bertz CT molecular complexity index is 552. The molecule has 0 aromatic heterocycles. The van der Waals surface area contributed by atoms with Crippen LogP contribution in [0.4, 0.5) is 5.69 Å². The molecule has 0 atom stereocenters. The zero-order valence-electron chi connectivity index (χ0n) is 11.7. The van der Waals surface area contributed by atoms with Crippen molar-refractivity contribution in [2.24, 2.45) is 0 Å². The van der Waals surface area contributed by atoms with E-state index in [-0.39, 0.29) is 24.1 Å². The number of nitrogens with one attached hydrogen (secondary N) is 1. The molecule has 21 heavy (non-hydrogen) atoms. The van der Waals surface area contributed by atoms with E-state index < -0.39 is 17.4 Å². The molecule has 1 aromatic carbocycles. The number of benzene rings is 1. The molecule has 114 valence electrons. The van der Waals surface area contributed by atoms with Crippen LogP contribution in [0.5, 0.6) is 5.75 Å². The van der Waals surface area contributed by atoms with Crippen molar-refractivity contribution < 1.29 is 24.2 Å². The fraction of sp³-hybridized carbons (Fsp3) is 0.429. The van der Waals surface area contributed by atoms with Gasteiger partial charge in [-0.05, 0) is 12.1 Å². The highest BCUT2D eigenvalue weighted by Crippen LogP contribution is 2.24. The molecule has 0 saturated carbocycles. The third-order valence-corrected chi connectivity index (χ3v) is 3.61. The Kier molecular flexibility index (Phi) is 4.32. The number of rotatable bonds is 4. The van der Waals surface area contributed by atoms with Crippen molar-refractivity contribution in [2.45, 2.75) is 18.4 Å². The second-order valence-corrected chi connectivity index (χ2v) is 4.91. The molecule has 0 unspecified atom stereocenters. The van der Waals surface area contributed by atoms with Crippen LogP contribution < -0.4 is 15.8 Å². The maximum atomic E-state index is 12.3. The van der Waals surface area contributed by atoms with Gasteiger partial charge in [-0.25, -0.2) is 4.79 Å². The van der Waals surface area contributed by atoms with E-state index in [1.54, 1.807) is 6.07 Å². The molecule has 1 saturated heterocycles. The summed E-state index contributed by atoms with van der Waals surface area (Å²) < 4.78 is 10.2. The van der Waals surface area contributed by atoms with Gasteiger partial charge in [0.1, 0.15) is 11.3 Å². The van der Waals surface area contributed by atoms with Crippen molar-refractivity contribution in [3.63, 3.8) is 0 Å². The minimum atomic E-state index is -1.30. The van der Waals surface area contributed by atoms with Gasteiger partial charge in [-0.3, -0.25) is 4.79 Å². The summed E-state index contributed by atoms with van der Waals surface area (Å²) in [5.74, 6) is -1.05. The number of aliphatic carboxylic acids is 1. The Labute approximate surface area is 122 Å². The molecular formula is C14H18N2O5. The van der Waals surface area contributed by atoms with Crippen molar-refractivity contribution >= 4 is 17.6 Å². The first-order chi connectivity index (χ1) is 9.98. The fourth-order valence-corrected chi connectivity index (χ4v) is 2.27. The van der Waals surface area contributed by atoms with Crippen LogP contribution in [0.3, 0.4) is 0 Å². The van der Waals surface area contributed by atoms with Gasteiger partial charge in [-0.15, -0.1) is 0 Å². The molecule has 0 bridgehead atoms. The maximum absolute atomic E-state index is 12.3. The summed E-state index contributed by atoms with van der Waals surface area (Å²) in [6.07, 6.45) is 0.453. The monoisotopic (exact) mass is 294 g/mol. The molecule has 0 radical (unpaired) electrons. The normalized spacial score (nSPS) is 17.0. The van der Waals surface area contributed by atoms with Crippen molar-refractivity contribution in [3.8, 4) is 5.75 Å². The lowest BCUT2D eigenvalue weighted by Gasteiger charge is -2.34. The standard InChI is InChI=1S/C14H18N2O5/c1-20-9-2-3-10(11(15)8-9)12(17)16-14(13(18)19)4-6-21-7-5-14/h2-3,8H,4-7,15H2,1H3,(H,16,17)(H,18,19). The van der Waals surface area contributed by atoms with Gasteiger partial charge in [0.25, 0.3) is 5.91 Å². The van der Waals surface area contributed by atoms with E-state index in [1.807, 2.05) is 0 Å². The number of amides is 1. The number of anilines is 1. The van der Waals surface area contributed by atoms with Gasteiger partial charge < -0.3 is 25.6 Å². The SMILES string of the molecule is COc1ccc(C(=O)NC2(C(=O)O)CCOCC2)c(N)c1. The quantitative estimate of drug-likeness (QED) is 0.703. The number of carboxylic acids is 1. The summed E-state index contributed by atoms with van der Waals surface area (Å²) in [5, 5.41) is 12.0. The summed E-state index contributed by atoms with van der Waals surface area (Å²) in [6.45, 7) is 0.593. The number of hydrogen-bond acceptors (Lipinski definition) is 5. The van der Waals surface area contributed by atoms with E-state index >= 15 is 0 Å². The number of ether oxygens (including phenoxy) is 2. The largest absolute Gasteiger partial charge is 0.497 e. The Morgan fingerprint density at radius 3 is 2.57 bits per heavy atom. The number of carbonyl (C=O) groups excluding carboxylic acids is 1. The molecule has 7 heteroatoms. The second kappa shape index (κ2) is 6.01. The minimum Gasteiger partial charge on any atom is -0.497 e. The number of nitrogen functional groups attached to an aromatic ring is 1. The molecule has 7 nitrogen and oxygen atoms in total. The molecule has 4 N–H and O–H groups in total. The molecule has 1 aliphatic rings. The predicted octanol–water partition coefficient (Wildman–Crippen LogP) is 0.641. The van der Waals surface area contributed by atoms with Gasteiger partial charge in [0.15, 0.2) is 0 Å². The third kappa shape index (κ3) is 3.08. The molecule has 2 rings (SSSR count). The Balaban J connectivity index is 2.21. The van der Waals surface area contributed by atoms with Gasteiger partial charge in [0, 0.05) is 37.8 Å². The minimum absolute atomic E-state index is 0.225. The number of carboxylic acid groups (broad SMARTS) is 1. The zero-order valence-corrected chi connectivity index (χ0v) is 11.7. The first-order valence-electron chi connectivity index (χ1n) is 6.56. The van der Waals surface area contributed by atoms with Crippen molar-refractivity contribution in [1.29, 1.82) is 0 Å². The van der Waals surface area contributed by atoms with Crippen LogP contribution in [0, 0.1) is 0 Å². The van der Waals surface area contributed by atoms with Crippen LogP contribution in [0.1, 0.15) is 23.2 Å². The molecule has 1 amide bonds. The van der Waals surface area contributed by atoms with Crippen molar-refractivity contribution in [1.82, 2.24) is 5.32 Å². The van der Waals surface area contributed by atoms with Gasteiger partial charge in [-0.1, -0.05) is 0 Å². The van der Waals surface area contributed by atoms with Crippen LogP contribution >= 0.6 is 0 Å². The number of nitrogens with two attached hydrogens (primary N) is 1. The maximum Gasteiger partial charge on any atom is 0.329 e. The molecule has 1 aliphatic heterocycles. The summed E-state index contributed by atoms with van der Waals surface area (Å²) in [7, 11) is 1.50. The molecule has 0 spiro atoms. The third-order valence-electron chi connectivity index (χ3n) is 3.61. The Morgan fingerprint density at radius 2 is 2.05 bits per heavy atom. The summed E-state index contributed by atoms with van der Waals surface area (Å²) in [5.41, 5.74) is 4.97. The lowest BCUT2D eigenvalue weighted by molar-refractivity contribution is -0.148. The van der Waals surface area contributed by atoms with Crippen molar-refractivity contribution in [2.75, 3.05) is 26.1 Å². The van der Waals surface area contributed by atoms with Crippen LogP contribution in [-0.2, 0) is 9.53 Å². The Hall–Kier alpha value is -2.28. The van der Waals surface area contributed by atoms with Gasteiger partial charge in [-0.2, -0.15) is 0 Å². The summed E-state index contributed by atoms with van der Waals surface area (Å²) in [6, 6.07) is 4.63. The first-order valence-corrected chi connectivity index (χ1v) is 6.56. The second-order valence-electron chi connectivity index (χ2n) is 4.91. The van der Waals surface area contributed by atoms with Crippen LogP contribution in [0.25, 0.3) is 0 Å². The van der Waals surface area contributed by atoms with Crippen molar-refractivity contribution in [3.05, 3.63) is 23.8 Å². The number of hydrogen-bond donors (Lipinski definition) is 3. The highest BCUT2D eigenvalue weighted by atomic mass is 16.5. The average molecular weight is 294 g/mol. The van der Waals surface area contributed by atoms with E-state index in [0.717, 1.165) is 0 Å². The van der Waals surface area contributed by atoms with E-state index in [1.165, 1.54) is 19.2 Å². The van der Waals surface area contributed by atoms with E-state index in [4.69, 9.17) is 15.2 Å². The number of carbonyl (C=O) groups is 2. The van der Waals surface area contributed by atoms with Crippen LogP contribution in [0.15, 0.2) is 18.2 Å². The zero-order chi connectivity index (χ0) is 15.5. The Morgan fingerprint density at radius 1 is 1.38 bits per heavy atom. The van der Waals surface area contributed by atoms with Gasteiger partial charge in [0.05, 0.1) is 12.7 Å². The van der Waals surface area contributed by atoms with E-state index in [9.17, 15) is 14.7 Å². The molecule has 1 fully saturated rings. The topological polar surface area (TPSA) is 111 Å². The molecule has 1 heterocycles. The highest BCUT2D eigenvalue weighted by molar-refractivity contribution is 6.02. The number of methoxy groups -OCH3 is 1. The van der Waals surface area contributed by atoms with E-state index in [2.05, 4.69) is 5.32 Å². The van der Waals surface area contributed by atoms with Gasteiger partial charge >= 0.3 is 5.97 Å². The van der Waals surface area contributed by atoms with Gasteiger partial charge in [0.2, 0.25) is 0 Å². The smallest absolute Gasteiger partial charge is 0.329 e. The predicted molar refractivity (Wildman–Crippen MR) is 75.3 cm³/mol. The fourth-order valence-electron chi connectivity index (χ4n) is 2.27. The lowest BCUT2D eigenvalue weighted by atomic mass is 9.89. The summed E-state index contributed by atoms with van der Waals surface area (Å²) >= 11 is 0. The van der Waals surface area contributed by atoms with Crippen LogP contribution in [-0.4, -0.2) is 42.8 Å². The van der Waals surface area contributed by atoms with Crippen LogP contribution in [0.2, 0.25) is 0 Å². The molecular weight excluding hydrogens is 276 g/mol. The molecule has 1 aromatic rings. The summed E-state index contributed by atoms with van der Waals surface area (Å²) in [4.78, 5) is 23.8. The molecule has 0 aliphatic carbocycles. The highest BCUT2D eigenvalue weighted by Gasteiger charge is 2.41.